The van der Waals surface area contributed by atoms with Gasteiger partial charge in [-0.3, -0.25) is 0 Å². The van der Waals surface area contributed by atoms with Gasteiger partial charge in [-0.15, -0.1) is 0 Å². The van der Waals surface area contributed by atoms with E-state index in [1.54, 1.807) is 0 Å². The van der Waals surface area contributed by atoms with Gasteiger partial charge >= 0.3 is 6.18 Å². The summed E-state index contributed by atoms with van der Waals surface area (Å²) < 4.78 is 51.3. The van der Waals surface area contributed by atoms with Crippen LogP contribution in [0.3, 0.4) is 0 Å². The van der Waals surface area contributed by atoms with Crippen LogP contribution >= 0.6 is 0 Å². The molecule has 1 atom stereocenters. The summed E-state index contributed by atoms with van der Waals surface area (Å²) in [6.07, 6.45) is 0.487. The van der Waals surface area contributed by atoms with E-state index in [1.807, 2.05) is 0 Å². The SMILES string of the molecule is N[C@@H](c1cc(F)cc(C(F)(F)F)c1)C1CCCCC1. The van der Waals surface area contributed by atoms with Crippen LogP contribution in [0.1, 0.15) is 49.3 Å². The Labute approximate surface area is 109 Å². The molecule has 2 N–H and O–H groups in total. The maximum atomic E-state index is 13.3. The van der Waals surface area contributed by atoms with Crippen LogP contribution in [0.2, 0.25) is 0 Å². The smallest absolute Gasteiger partial charge is 0.324 e. The van der Waals surface area contributed by atoms with E-state index in [4.69, 9.17) is 5.73 Å². The fourth-order valence-electron chi connectivity index (χ4n) is 2.73. The van der Waals surface area contributed by atoms with Crippen LogP contribution in [0, 0.1) is 11.7 Å². The molecule has 19 heavy (non-hydrogen) atoms. The van der Waals surface area contributed by atoms with Gasteiger partial charge in [0.2, 0.25) is 0 Å². The van der Waals surface area contributed by atoms with Gasteiger partial charge in [-0.2, -0.15) is 13.2 Å². The largest absolute Gasteiger partial charge is 0.416 e. The minimum Gasteiger partial charge on any atom is -0.324 e. The molecule has 2 rings (SSSR count). The van der Waals surface area contributed by atoms with Gasteiger partial charge in [-0.05, 0) is 42.5 Å². The van der Waals surface area contributed by atoms with Crippen molar-refractivity contribution in [1.82, 2.24) is 0 Å². The highest BCUT2D eigenvalue weighted by molar-refractivity contribution is 5.29. The summed E-state index contributed by atoms with van der Waals surface area (Å²) in [6.45, 7) is 0. The molecule has 1 nitrogen and oxygen atoms in total. The molecule has 0 spiro atoms. The number of alkyl halides is 3. The molecule has 1 saturated carbocycles. The zero-order chi connectivity index (χ0) is 14.0. The molecule has 0 aliphatic heterocycles. The van der Waals surface area contributed by atoms with Crippen molar-refractivity contribution in [2.45, 2.75) is 44.3 Å². The minimum atomic E-state index is -4.54. The van der Waals surface area contributed by atoms with Crippen molar-refractivity contribution in [2.24, 2.45) is 11.7 Å². The van der Waals surface area contributed by atoms with Crippen LogP contribution in [0.4, 0.5) is 17.6 Å². The third kappa shape index (κ3) is 3.47. The van der Waals surface area contributed by atoms with Gasteiger partial charge in [0.05, 0.1) is 5.56 Å². The first kappa shape index (κ1) is 14.3. The van der Waals surface area contributed by atoms with Gasteiger partial charge in [0.25, 0.3) is 0 Å². The van der Waals surface area contributed by atoms with E-state index in [9.17, 15) is 17.6 Å². The molecule has 0 unspecified atom stereocenters. The highest BCUT2D eigenvalue weighted by Crippen LogP contribution is 2.36. The van der Waals surface area contributed by atoms with E-state index in [0.717, 1.165) is 44.2 Å². The normalized spacial score (nSPS) is 19.4. The van der Waals surface area contributed by atoms with Gasteiger partial charge < -0.3 is 5.73 Å². The molecular formula is C14H17F4N. The van der Waals surface area contributed by atoms with Gasteiger partial charge in [0.1, 0.15) is 5.82 Å². The number of hydrogen-bond donors (Lipinski definition) is 1. The van der Waals surface area contributed by atoms with Gasteiger partial charge in [0.15, 0.2) is 0 Å². The summed E-state index contributed by atoms with van der Waals surface area (Å²) in [4.78, 5) is 0. The molecule has 5 heteroatoms. The first-order chi connectivity index (χ1) is 8.88. The summed E-state index contributed by atoms with van der Waals surface area (Å²) in [5.41, 5.74) is 5.30. The van der Waals surface area contributed by atoms with Gasteiger partial charge in [-0.1, -0.05) is 19.3 Å². The van der Waals surface area contributed by atoms with E-state index in [1.165, 1.54) is 0 Å². The van der Waals surface area contributed by atoms with Crippen LogP contribution in [0.25, 0.3) is 0 Å². The Morgan fingerprint density at radius 1 is 1.05 bits per heavy atom. The summed E-state index contributed by atoms with van der Waals surface area (Å²) >= 11 is 0. The van der Waals surface area contributed by atoms with Crippen LogP contribution < -0.4 is 5.73 Å². The summed E-state index contributed by atoms with van der Waals surface area (Å²) in [7, 11) is 0. The Morgan fingerprint density at radius 2 is 1.68 bits per heavy atom. The van der Waals surface area contributed by atoms with Crippen LogP contribution in [0.15, 0.2) is 18.2 Å². The zero-order valence-corrected chi connectivity index (χ0v) is 10.5. The molecule has 0 saturated heterocycles. The average molecular weight is 275 g/mol. The van der Waals surface area contributed by atoms with Crippen LogP contribution in [-0.2, 0) is 6.18 Å². The lowest BCUT2D eigenvalue weighted by molar-refractivity contribution is -0.137. The van der Waals surface area contributed by atoms with Crippen molar-refractivity contribution in [1.29, 1.82) is 0 Å². The summed E-state index contributed by atoms with van der Waals surface area (Å²) in [6, 6.07) is 2.09. The van der Waals surface area contributed by atoms with Crippen molar-refractivity contribution in [3.8, 4) is 0 Å². The average Bonchev–Trinajstić information content (AvgIpc) is 2.37. The van der Waals surface area contributed by atoms with E-state index >= 15 is 0 Å². The van der Waals surface area contributed by atoms with E-state index in [-0.39, 0.29) is 11.5 Å². The number of benzene rings is 1. The molecule has 0 bridgehead atoms. The molecule has 1 aliphatic rings. The van der Waals surface area contributed by atoms with Crippen molar-refractivity contribution in [3.05, 3.63) is 35.1 Å². The fourth-order valence-corrected chi connectivity index (χ4v) is 2.73. The van der Waals surface area contributed by atoms with Gasteiger partial charge in [-0.25, -0.2) is 4.39 Å². The van der Waals surface area contributed by atoms with Gasteiger partial charge in [0, 0.05) is 6.04 Å². The second-order valence-corrected chi connectivity index (χ2v) is 5.19. The Kier molecular flexibility index (Phi) is 4.13. The third-order valence-corrected chi connectivity index (χ3v) is 3.79. The number of nitrogens with two attached hydrogens (primary N) is 1. The second kappa shape index (κ2) is 5.49. The minimum absolute atomic E-state index is 0.150. The molecule has 0 amide bonds. The lowest BCUT2D eigenvalue weighted by Gasteiger charge is -2.28. The molecule has 0 radical (unpaired) electrons. The maximum Gasteiger partial charge on any atom is 0.416 e. The van der Waals surface area contributed by atoms with Crippen molar-refractivity contribution in [3.63, 3.8) is 0 Å². The molecular weight excluding hydrogens is 258 g/mol. The predicted molar refractivity (Wildman–Crippen MR) is 64.9 cm³/mol. The van der Waals surface area contributed by atoms with Crippen molar-refractivity contribution in [2.75, 3.05) is 0 Å². The first-order valence-corrected chi connectivity index (χ1v) is 6.51. The quantitative estimate of drug-likeness (QED) is 0.794. The maximum absolute atomic E-state index is 13.3. The first-order valence-electron chi connectivity index (χ1n) is 6.51. The predicted octanol–water partition coefficient (Wildman–Crippen LogP) is 4.42. The highest BCUT2D eigenvalue weighted by atomic mass is 19.4. The van der Waals surface area contributed by atoms with Crippen molar-refractivity contribution < 1.29 is 17.6 Å². The topological polar surface area (TPSA) is 26.0 Å². The zero-order valence-electron chi connectivity index (χ0n) is 10.5. The Morgan fingerprint density at radius 3 is 2.26 bits per heavy atom. The number of halogens is 4. The monoisotopic (exact) mass is 275 g/mol. The molecule has 1 fully saturated rings. The van der Waals surface area contributed by atoms with Crippen LogP contribution in [-0.4, -0.2) is 0 Å². The lowest BCUT2D eigenvalue weighted by Crippen LogP contribution is -2.24. The van der Waals surface area contributed by atoms with E-state index in [2.05, 4.69) is 0 Å². The lowest BCUT2D eigenvalue weighted by atomic mass is 9.81. The molecule has 1 aromatic carbocycles. The standard InChI is InChI=1S/C14H17F4N/c15-12-7-10(6-11(8-12)14(16,17)18)13(19)9-4-2-1-3-5-9/h6-9,13H,1-5,19H2/t13-/m1/s1. The number of hydrogen-bond acceptors (Lipinski definition) is 1. The summed E-state index contributed by atoms with van der Waals surface area (Å²) in [5.74, 6) is -0.729. The molecule has 0 aromatic heterocycles. The highest BCUT2D eigenvalue weighted by Gasteiger charge is 2.32. The molecule has 1 aliphatic carbocycles. The molecule has 0 heterocycles. The fraction of sp³-hybridized carbons (Fsp3) is 0.571. The second-order valence-electron chi connectivity index (χ2n) is 5.19. The van der Waals surface area contributed by atoms with Crippen LogP contribution in [0.5, 0.6) is 0 Å². The Balaban J connectivity index is 2.26. The third-order valence-electron chi connectivity index (χ3n) is 3.79. The number of rotatable bonds is 2. The van der Waals surface area contributed by atoms with E-state index < -0.39 is 23.6 Å². The van der Waals surface area contributed by atoms with E-state index in [0.29, 0.717) is 6.07 Å². The Bertz CT molecular complexity index is 436. The summed E-state index contributed by atoms with van der Waals surface area (Å²) in [5, 5.41) is 0. The molecule has 1 aromatic rings. The van der Waals surface area contributed by atoms with Crippen molar-refractivity contribution >= 4 is 0 Å². The Hall–Kier alpha value is -1.10. The molecule has 106 valence electrons.